The number of nitrogens with one attached hydrogen (secondary N) is 1. The first-order valence-corrected chi connectivity index (χ1v) is 7.75. The van der Waals surface area contributed by atoms with Crippen molar-refractivity contribution in [2.45, 2.75) is 13.0 Å². The predicted octanol–water partition coefficient (Wildman–Crippen LogP) is -1.85. The molecule has 0 aromatic heterocycles. The van der Waals surface area contributed by atoms with Crippen LogP contribution in [0.5, 0.6) is 0 Å². The molecule has 1 aliphatic rings. The molecule has 0 saturated carbocycles. The molecule has 8 nitrogen and oxygen atoms in total. The number of nitrogens with zero attached hydrogens (tertiary/aromatic N) is 2. The van der Waals surface area contributed by atoms with Crippen LogP contribution in [0.25, 0.3) is 0 Å². The van der Waals surface area contributed by atoms with Crippen LogP contribution in [0.3, 0.4) is 0 Å². The molecule has 2 N–H and O–H groups in total. The van der Waals surface area contributed by atoms with Gasteiger partial charge in [-0.1, -0.05) is 0 Å². The van der Waals surface area contributed by atoms with E-state index in [4.69, 9.17) is 5.11 Å². The molecule has 9 heteroatoms. The van der Waals surface area contributed by atoms with Crippen LogP contribution in [0.15, 0.2) is 0 Å². The maximum atomic E-state index is 11.8. The Morgan fingerprint density at radius 3 is 2.21 bits per heavy atom. The lowest BCUT2D eigenvalue weighted by Crippen LogP contribution is -2.52. The zero-order valence-electron chi connectivity index (χ0n) is 11.0. The summed E-state index contributed by atoms with van der Waals surface area (Å²) in [5.74, 6) is -1.24. The Bertz CT molecular complexity index is 442. The molecule has 1 amide bonds. The van der Waals surface area contributed by atoms with Crippen LogP contribution < -0.4 is 5.32 Å². The number of carboxylic acids is 1. The van der Waals surface area contributed by atoms with Crippen LogP contribution in [0.1, 0.15) is 6.92 Å². The number of piperazine rings is 1. The van der Waals surface area contributed by atoms with Crippen LogP contribution in [-0.4, -0.2) is 79.6 Å². The second-order valence-corrected chi connectivity index (χ2v) is 6.47. The molecule has 110 valence electrons. The van der Waals surface area contributed by atoms with Gasteiger partial charge in [0.15, 0.2) is 0 Å². The predicted molar refractivity (Wildman–Crippen MR) is 68.1 cm³/mol. The third-order valence-electron chi connectivity index (χ3n) is 2.99. The minimum absolute atomic E-state index is 0.0632. The number of rotatable bonds is 5. The standard InChI is InChI=1S/C10H19N3O5S/c1-8(10(15)16)11-7-9(14)12-3-5-13(6-4-12)19(2,17)18/h8,11H,3-7H2,1-2H3,(H,15,16). The van der Waals surface area contributed by atoms with E-state index < -0.39 is 22.0 Å². The molecule has 1 aliphatic heterocycles. The van der Waals surface area contributed by atoms with Crippen molar-refractivity contribution in [3.05, 3.63) is 0 Å². The molecule has 0 aliphatic carbocycles. The largest absolute Gasteiger partial charge is 0.480 e. The normalized spacial score (nSPS) is 19.2. The highest BCUT2D eigenvalue weighted by Gasteiger charge is 2.26. The fourth-order valence-electron chi connectivity index (χ4n) is 1.71. The molecule has 1 rings (SSSR count). The van der Waals surface area contributed by atoms with Gasteiger partial charge in [0.05, 0.1) is 12.8 Å². The summed E-state index contributed by atoms with van der Waals surface area (Å²) in [5, 5.41) is 11.3. The van der Waals surface area contributed by atoms with Gasteiger partial charge in [-0.15, -0.1) is 0 Å². The first-order valence-electron chi connectivity index (χ1n) is 5.91. The van der Waals surface area contributed by atoms with Crippen molar-refractivity contribution in [1.82, 2.24) is 14.5 Å². The maximum absolute atomic E-state index is 11.8. The van der Waals surface area contributed by atoms with E-state index in [1.54, 1.807) is 0 Å². The average molecular weight is 293 g/mol. The van der Waals surface area contributed by atoms with Crippen molar-refractivity contribution in [2.24, 2.45) is 0 Å². The molecule has 1 atom stereocenters. The summed E-state index contributed by atoms with van der Waals surface area (Å²) in [6, 6.07) is -0.791. The van der Waals surface area contributed by atoms with Gasteiger partial charge in [0.25, 0.3) is 0 Å². The van der Waals surface area contributed by atoms with E-state index in [-0.39, 0.29) is 25.5 Å². The van der Waals surface area contributed by atoms with Gasteiger partial charge in [0.2, 0.25) is 15.9 Å². The zero-order chi connectivity index (χ0) is 14.6. The summed E-state index contributed by atoms with van der Waals surface area (Å²) in [4.78, 5) is 23.9. The number of carboxylic acid groups (broad SMARTS) is 1. The van der Waals surface area contributed by atoms with E-state index in [1.165, 1.54) is 16.1 Å². The Kier molecular flexibility index (Phi) is 5.27. The van der Waals surface area contributed by atoms with Gasteiger partial charge in [-0.3, -0.25) is 14.9 Å². The minimum atomic E-state index is -3.21. The number of hydrogen-bond donors (Lipinski definition) is 2. The van der Waals surface area contributed by atoms with Crippen LogP contribution in [0.2, 0.25) is 0 Å². The van der Waals surface area contributed by atoms with Crippen molar-refractivity contribution >= 4 is 21.9 Å². The molecule has 1 saturated heterocycles. The number of carbonyl (C=O) groups excluding carboxylic acids is 1. The van der Waals surface area contributed by atoms with E-state index in [0.29, 0.717) is 13.1 Å². The summed E-state index contributed by atoms with van der Waals surface area (Å²) in [6.45, 7) is 2.60. The third-order valence-corrected chi connectivity index (χ3v) is 4.29. The summed E-state index contributed by atoms with van der Waals surface area (Å²) >= 11 is 0. The molecule has 1 unspecified atom stereocenters. The Labute approximate surface area is 112 Å². The van der Waals surface area contributed by atoms with Gasteiger partial charge in [-0.25, -0.2) is 8.42 Å². The highest BCUT2D eigenvalue weighted by atomic mass is 32.2. The van der Waals surface area contributed by atoms with E-state index in [1.807, 2.05) is 0 Å². The minimum Gasteiger partial charge on any atom is -0.480 e. The van der Waals surface area contributed by atoms with Crippen molar-refractivity contribution in [3.63, 3.8) is 0 Å². The smallest absolute Gasteiger partial charge is 0.320 e. The van der Waals surface area contributed by atoms with E-state index >= 15 is 0 Å². The number of amides is 1. The highest BCUT2D eigenvalue weighted by molar-refractivity contribution is 7.88. The second-order valence-electron chi connectivity index (χ2n) is 4.48. The summed E-state index contributed by atoms with van der Waals surface area (Å²) in [6.07, 6.45) is 1.14. The fourth-order valence-corrected chi connectivity index (χ4v) is 2.54. The van der Waals surface area contributed by atoms with Crippen LogP contribution >= 0.6 is 0 Å². The van der Waals surface area contributed by atoms with Gasteiger partial charge in [0.1, 0.15) is 6.04 Å². The number of hydrogen-bond acceptors (Lipinski definition) is 5. The van der Waals surface area contributed by atoms with E-state index in [9.17, 15) is 18.0 Å². The monoisotopic (exact) mass is 293 g/mol. The molecule has 1 fully saturated rings. The first-order chi connectivity index (χ1) is 8.71. The van der Waals surface area contributed by atoms with Gasteiger partial charge >= 0.3 is 5.97 Å². The molecule has 0 aromatic carbocycles. The van der Waals surface area contributed by atoms with Crippen LogP contribution in [0, 0.1) is 0 Å². The van der Waals surface area contributed by atoms with Crippen LogP contribution in [0.4, 0.5) is 0 Å². The molecule has 0 spiro atoms. The molecule has 0 bridgehead atoms. The van der Waals surface area contributed by atoms with E-state index in [0.717, 1.165) is 6.26 Å². The summed E-state index contributed by atoms with van der Waals surface area (Å²) in [7, 11) is -3.21. The average Bonchev–Trinajstić information content (AvgIpc) is 2.34. The first kappa shape index (κ1) is 15.9. The molecule has 19 heavy (non-hydrogen) atoms. The third kappa shape index (κ3) is 4.77. The Morgan fingerprint density at radius 1 is 1.26 bits per heavy atom. The number of carbonyl (C=O) groups is 2. The summed E-state index contributed by atoms with van der Waals surface area (Å²) < 4.78 is 23.9. The molecule has 1 heterocycles. The quantitative estimate of drug-likeness (QED) is 0.616. The van der Waals surface area contributed by atoms with Gasteiger partial charge in [-0.05, 0) is 6.92 Å². The topological polar surface area (TPSA) is 107 Å². The van der Waals surface area contributed by atoms with E-state index in [2.05, 4.69) is 5.32 Å². The SMILES string of the molecule is CC(NCC(=O)N1CCN(S(C)(=O)=O)CC1)C(=O)O. The van der Waals surface area contributed by atoms with Crippen molar-refractivity contribution in [2.75, 3.05) is 39.0 Å². The second kappa shape index (κ2) is 6.31. The molecular weight excluding hydrogens is 274 g/mol. The Hall–Kier alpha value is -1.19. The lowest BCUT2D eigenvalue weighted by atomic mass is 10.3. The van der Waals surface area contributed by atoms with Crippen molar-refractivity contribution < 1.29 is 23.1 Å². The van der Waals surface area contributed by atoms with Gasteiger partial charge in [-0.2, -0.15) is 4.31 Å². The zero-order valence-corrected chi connectivity index (χ0v) is 11.8. The van der Waals surface area contributed by atoms with Gasteiger partial charge < -0.3 is 10.0 Å². The number of aliphatic carboxylic acids is 1. The molecular formula is C10H19N3O5S. The van der Waals surface area contributed by atoms with Crippen LogP contribution in [-0.2, 0) is 19.6 Å². The Balaban J connectivity index is 2.39. The molecule has 0 radical (unpaired) electrons. The van der Waals surface area contributed by atoms with Gasteiger partial charge in [0, 0.05) is 26.2 Å². The molecule has 0 aromatic rings. The number of sulfonamides is 1. The van der Waals surface area contributed by atoms with Crippen molar-refractivity contribution in [3.8, 4) is 0 Å². The van der Waals surface area contributed by atoms with Crippen molar-refractivity contribution in [1.29, 1.82) is 0 Å². The summed E-state index contributed by atoms with van der Waals surface area (Å²) in [5.41, 5.74) is 0. The fraction of sp³-hybridized carbons (Fsp3) is 0.800. The lowest BCUT2D eigenvalue weighted by molar-refractivity contribution is -0.139. The highest BCUT2D eigenvalue weighted by Crippen LogP contribution is 2.05. The maximum Gasteiger partial charge on any atom is 0.320 e. The lowest BCUT2D eigenvalue weighted by Gasteiger charge is -2.33. The Morgan fingerprint density at radius 2 is 1.79 bits per heavy atom.